The summed E-state index contributed by atoms with van der Waals surface area (Å²) in [5, 5.41) is 30.4. The summed E-state index contributed by atoms with van der Waals surface area (Å²) in [6.07, 6.45) is 5.61. The van der Waals surface area contributed by atoms with Gasteiger partial charge in [0.2, 0.25) is 0 Å². The zero-order valence-corrected chi connectivity index (χ0v) is 18.2. The monoisotopic (exact) mass is 410 g/mol. The molecule has 0 radical (unpaired) electrons. The highest BCUT2D eigenvalue weighted by atomic mass is 19.1. The zero-order chi connectivity index (χ0) is 21.1. The maximum absolute atomic E-state index is 13.9. The van der Waals surface area contributed by atoms with Crippen LogP contribution in [0, 0.1) is 46.3 Å². The molecule has 0 saturated heterocycles. The van der Waals surface area contributed by atoms with E-state index in [1.165, 1.54) is 0 Å². The van der Waals surface area contributed by atoms with Crippen LogP contribution in [0.25, 0.3) is 0 Å². The van der Waals surface area contributed by atoms with Crippen molar-refractivity contribution >= 4 is 5.97 Å². The topological polar surface area (TPSA) is 77.8 Å². The number of hydrogen-bond acceptors (Lipinski definition) is 3. The molecule has 0 aromatic rings. The molecule has 0 unspecified atom stereocenters. The van der Waals surface area contributed by atoms with Crippen LogP contribution in [0.4, 0.5) is 4.39 Å². The Hall–Kier alpha value is -0.680. The predicted molar refractivity (Wildman–Crippen MR) is 109 cm³/mol. The van der Waals surface area contributed by atoms with E-state index in [2.05, 4.69) is 13.8 Å². The van der Waals surface area contributed by atoms with Crippen molar-refractivity contribution in [3.8, 4) is 0 Å². The Labute approximate surface area is 174 Å². The van der Waals surface area contributed by atoms with Crippen LogP contribution in [0.3, 0.4) is 0 Å². The molecule has 11 atom stereocenters. The number of rotatable bonds is 4. The van der Waals surface area contributed by atoms with Gasteiger partial charge >= 0.3 is 5.97 Å². The molecule has 4 aliphatic rings. The molecule has 4 rings (SSSR count). The molecule has 4 fully saturated rings. The molecular formula is C24H39FO4. The van der Waals surface area contributed by atoms with Crippen molar-refractivity contribution in [2.75, 3.05) is 0 Å². The van der Waals surface area contributed by atoms with Gasteiger partial charge in [-0.3, -0.25) is 0 Å². The molecule has 5 heteroatoms. The summed E-state index contributed by atoms with van der Waals surface area (Å²) < 4.78 is 13.9. The van der Waals surface area contributed by atoms with Gasteiger partial charge in [-0.25, -0.2) is 9.18 Å². The smallest absolute Gasteiger partial charge is 0.338 e. The number of aliphatic hydroxyl groups is 2. The standard InChI is InChI=1S/C24H39FO4/c1-13(10-19(25)22(28)29)16-4-5-17-21-18(7-9-24(16,17)3)23(2)8-6-15(26)11-14(23)12-20(21)27/h13-21,26-27H,4-12H2,1-3H3,(H,28,29)/t13-,14+,15-,16-,17+,18+,19+,20-,21+,23+,24-/m1/s1. The lowest BCUT2D eigenvalue weighted by Crippen LogP contribution is -2.58. The van der Waals surface area contributed by atoms with Crippen LogP contribution in [-0.4, -0.2) is 39.7 Å². The predicted octanol–water partition coefficient (Wildman–Crippen LogP) is 4.43. The molecule has 0 aliphatic heterocycles. The fourth-order valence-electron chi connectivity index (χ4n) is 8.77. The first-order valence-corrected chi connectivity index (χ1v) is 11.8. The molecule has 166 valence electrons. The van der Waals surface area contributed by atoms with E-state index < -0.39 is 12.1 Å². The summed E-state index contributed by atoms with van der Waals surface area (Å²) in [6, 6.07) is 0. The van der Waals surface area contributed by atoms with Crippen molar-refractivity contribution < 1.29 is 24.5 Å². The first-order valence-electron chi connectivity index (χ1n) is 11.8. The van der Waals surface area contributed by atoms with Gasteiger partial charge in [-0.1, -0.05) is 20.8 Å². The molecule has 4 saturated carbocycles. The number of carbonyl (C=O) groups is 1. The van der Waals surface area contributed by atoms with E-state index in [1.54, 1.807) is 0 Å². The van der Waals surface area contributed by atoms with Crippen LogP contribution in [0.15, 0.2) is 0 Å². The summed E-state index contributed by atoms with van der Waals surface area (Å²) in [7, 11) is 0. The Bertz CT molecular complexity index is 640. The number of aliphatic hydroxyl groups excluding tert-OH is 2. The van der Waals surface area contributed by atoms with Crippen LogP contribution in [0.5, 0.6) is 0 Å². The minimum atomic E-state index is -1.78. The molecule has 0 heterocycles. The second-order valence-corrected chi connectivity index (χ2v) is 11.5. The second-order valence-electron chi connectivity index (χ2n) is 11.5. The van der Waals surface area contributed by atoms with Gasteiger partial charge in [0, 0.05) is 0 Å². The van der Waals surface area contributed by atoms with E-state index in [4.69, 9.17) is 5.11 Å². The van der Waals surface area contributed by atoms with E-state index in [0.717, 1.165) is 51.4 Å². The molecule has 0 amide bonds. The van der Waals surface area contributed by atoms with Gasteiger partial charge < -0.3 is 15.3 Å². The van der Waals surface area contributed by atoms with Gasteiger partial charge in [0.05, 0.1) is 12.2 Å². The third-order valence-corrected chi connectivity index (χ3v) is 10.3. The number of hydrogen-bond donors (Lipinski definition) is 3. The lowest BCUT2D eigenvalue weighted by Gasteiger charge is -2.62. The van der Waals surface area contributed by atoms with Crippen LogP contribution < -0.4 is 0 Å². The van der Waals surface area contributed by atoms with E-state index in [1.807, 2.05) is 6.92 Å². The van der Waals surface area contributed by atoms with Crippen molar-refractivity contribution in [3.05, 3.63) is 0 Å². The normalized spacial score (nSPS) is 51.4. The Morgan fingerprint density at radius 2 is 1.69 bits per heavy atom. The quantitative estimate of drug-likeness (QED) is 0.641. The lowest BCUT2D eigenvalue weighted by molar-refractivity contribution is -0.174. The van der Waals surface area contributed by atoms with Crippen molar-refractivity contribution in [1.82, 2.24) is 0 Å². The number of alkyl halides is 1. The SMILES string of the molecule is C[C@H](C[C@H](F)C(=O)O)[C@H]1CC[C@H]2[C@@H]3[C@H](O)C[C@@H]4C[C@H](O)CC[C@]4(C)[C@H]3CC[C@]12C. The number of fused-ring (bicyclic) bond motifs is 5. The Balaban J connectivity index is 1.56. The first-order chi connectivity index (χ1) is 13.6. The summed E-state index contributed by atoms with van der Waals surface area (Å²) in [6.45, 7) is 6.77. The number of halogens is 1. The van der Waals surface area contributed by atoms with E-state index in [-0.39, 0.29) is 35.4 Å². The highest BCUT2D eigenvalue weighted by molar-refractivity contribution is 5.72. The van der Waals surface area contributed by atoms with Gasteiger partial charge in [0.15, 0.2) is 6.17 Å². The van der Waals surface area contributed by atoms with E-state index >= 15 is 0 Å². The third-order valence-electron chi connectivity index (χ3n) is 10.3. The Kier molecular flexibility index (Phi) is 5.55. The number of carboxylic acids is 1. The number of carboxylic acid groups (broad SMARTS) is 1. The lowest BCUT2D eigenvalue weighted by atomic mass is 9.43. The molecule has 0 aromatic carbocycles. The fraction of sp³-hybridized carbons (Fsp3) is 0.958. The van der Waals surface area contributed by atoms with Crippen LogP contribution in [0.2, 0.25) is 0 Å². The van der Waals surface area contributed by atoms with E-state index in [0.29, 0.717) is 29.6 Å². The summed E-state index contributed by atoms with van der Waals surface area (Å²) in [4.78, 5) is 11.0. The molecule has 4 nitrogen and oxygen atoms in total. The van der Waals surface area contributed by atoms with E-state index in [9.17, 15) is 19.4 Å². The van der Waals surface area contributed by atoms with Crippen LogP contribution in [0.1, 0.15) is 78.6 Å². The molecule has 3 N–H and O–H groups in total. The second kappa shape index (κ2) is 7.47. The average molecular weight is 411 g/mol. The molecule has 4 aliphatic carbocycles. The van der Waals surface area contributed by atoms with Crippen molar-refractivity contribution in [1.29, 1.82) is 0 Å². The molecular weight excluding hydrogens is 371 g/mol. The van der Waals surface area contributed by atoms with Gasteiger partial charge in [0.1, 0.15) is 0 Å². The molecule has 0 bridgehead atoms. The minimum Gasteiger partial charge on any atom is -0.479 e. The van der Waals surface area contributed by atoms with Gasteiger partial charge in [-0.15, -0.1) is 0 Å². The first kappa shape index (κ1) is 21.5. The van der Waals surface area contributed by atoms with Crippen LogP contribution in [-0.2, 0) is 4.79 Å². The molecule has 29 heavy (non-hydrogen) atoms. The highest BCUT2D eigenvalue weighted by Gasteiger charge is 2.62. The zero-order valence-electron chi connectivity index (χ0n) is 18.2. The van der Waals surface area contributed by atoms with Crippen LogP contribution >= 0.6 is 0 Å². The fourth-order valence-corrected chi connectivity index (χ4v) is 8.77. The maximum Gasteiger partial charge on any atom is 0.338 e. The summed E-state index contributed by atoms with van der Waals surface area (Å²) in [5.41, 5.74) is 0.276. The maximum atomic E-state index is 13.9. The average Bonchev–Trinajstić information content (AvgIpc) is 3.00. The van der Waals surface area contributed by atoms with Crippen molar-refractivity contribution in [2.45, 2.75) is 96.9 Å². The summed E-state index contributed by atoms with van der Waals surface area (Å²) >= 11 is 0. The Morgan fingerprint density at radius 1 is 1.03 bits per heavy atom. The highest BCUT2D eigenvalue weighted by Crippen LogP contribution is 2.68. The minimum absolute atomic E-state index is 0.0431. The van der Waals surface area contributed by atoms with Gasteiger partial charge in [-0.05, 0) is 104 Å². The van der Waals surface area contributed by atoms with Crippen molar-refractivity contribution in [2.24, 2.45) is 46.3 Å². The van der Waals surface area contributed by atoms with Gasteiger partial charge in [-0.2, -0.15) is 0 Å². The third kappa shape index (κ3) is 3.35. The molecule has 0 aromatic heterocycles. The number of aliphatic carboxylic acids is 1. The summed E-state index contributed by atoms with van der Waals surface area (Å²) in [5.74, 6) is 0.675. The van der Waals surface area contributed by atoms with Crippen molar-refractivity contribution in [3.63, 3.8) is 0 Å². The Morgan fingerprint density at radius 3 is 2.38 bits per heavy atom. The molecule has 0 spiro atoms. The van der Waals surface area contributed by atoms with Gasteiger partial charge in [0.25, 0.3) is 0 Å². The largest absolute Gasteiger partial charge is 0.479 e.